The summed E-state index contributed by atoms with van der Waals surface area (Å²) >= 11 is 0. The van der Waals surface area contributed by atoms with E-state index in [1.807, 2.05) is 17.9 Å². The zero-order chi connectivity index (χ0) is 11.8. The molecule has 1 aromatic heterocycles. The van der Waals surface area contributed by atoms with Gasteiger partial charge in [-0.3, -0.25) is 4.79 Å². The first-order valence-electron chi connectivity index (χ1n) is 6.33. The van der Waals surface area contributed by atoms with Crippen LogP contribution >= 0.6 is 12.4 Å². The fraction of sp³-hybridized carbons (Fsp3) is 0.615. The van der Waals surface area contributed by atoms with Gasteiger partial charge in [0.1, 0.15) is 0 Å². The SMILES string of the molecule is Cc1ccoc1C(=O)N1CCN2CCC1CC2.Cl. The average molecular weight is 271 g/mol. The van der Waals surface area contributed by atoms with Crippen LogP contribution in [0.15, 0.2) is 16.7 Å². The average Bonchev–Trinajstić information content (AvgIpc) is 2.58. The van der Waals surface area contributed by atoms with E-state index in [-0.39, 0.29) is 18.3 Å². The number of rotatable bonds is 1. The summed E-state index contributed by atoms with van der Waals surface area (Å²) in [7, 11) is 0. The number of aryl methyl sites for hydroxylation is 1. The summed E-state index contributed by atoms with van der Waals surface area (Å²) in [4.78, 5) is 16.9. The van der Waals surface area contributed by atoms with Gasteiger partial charge in [0.25, 0.3) is 5.91 Å². The van der Waals surface area contributed by atoms with Crippen molar-refractivity contribution in [2.24, 2.45) is 0 Å². The van der Waals surface area contributed by atoms with E-state index in [0.717, 1.165) is 44.6 Å². The maximum Gasteiger partial charge on any atom is 0.290 e. The lowest BCUT2D eigenvalue weighted by atomic mass is 10.0. The molecular formula is C13H19ClN2O2. The van der Waals surface area contributed by atoms with Crippen molar-refractivity contribution in [3.8, 4) is 0 Å². The number of hydrogen-bond donors (Lipinski definition) is 0. The van der Waals surface area contributed by atoms with Crippen LogP contribution in [0.5, 0.6) is 0 Å². The molecule has 100 valence electrons. The molecule has 18 heavy (non-hydrogen) atoms. The van der Waals surface area contributed by atoms with Crippen molar-refractivity contribution in [1.82, 2.24) is 9.80 Å². The Morgan fingerprint density at radius 2 is 2.00 bits per heavy atom. The lowest BCUT2D eigenvalue weighted by Gasteiger charge is -2.31. The third-order valence-electron chi connectivity index (χ3n) is 3.97. The molecule has 1 aromatic rings. The van der Waals surface area contributed by atoms with Crippen LogP contribution in [0, 0.1) is 6.92 Å². The van der Waals surface area contributed by atoms with E-state index < -0.39 is 0 Å². The molecule has 3 fully saturated rings. The lowest BCUT2D eigenvalue weighted by Crippen LogP contribution is -2.41. The van der Waals surface area contributed by atoms with E-state index in [1.165, 1.54) is 0 Å². The van der Waals surface area contributed by atoms with Crippen LogP contribution in [-0.2, 0) is 0 Å². The molecule has 4 heterocycles. The number of halogens is 1. The molecule has 1 amide bonds. The molecule has 0 radical (unpaired) electrons. The number of furan rings is 1. The van der Waals surface area contributed by atoms with Crippen molar-refractivity contribution in [1.29, 1.82) is 0 Å². The van der Waals surface area contributed by atoms with Gasteiger partial charge in [-0.25, -0.2) is 0 Å². The third kappa shape index (κ3) is 2.27. The van der Waals surface area contributed by atoms with Crippen molar-refractivity contribution in [2.75, 3.05) is 26.2 Å². The molecule has 2 bridgehead atoms. The minimum absolute atomic E-state index is 0. The quantitative estimate of drug-likeness (QED) is 0.782. The van der Waals surface area contributed by atoms with Gasteiger partial charge >= 0.3 is 0 Å². The van der Waals surface area contributed by atoms with Gasteiger partial charge in [-0.2, -0.15) is 0 Å². The first-order chi connectivity index (χ1) is 8.25. The Morgan fingerprint density at radius 1 is 1.28 bits per heavy atom. The molecule has 5 heteroatoms. The zero-order valence-corrected chi connectivity index (χ0v) is 11.4. The Bertz CT molecular complexity index is 424. The third-order valence-corrected chi connectivity index (χ3v) is 3.97. The summed E-state index contributed by atoms with van der Waals surface area (Å²) in [6.07, 6.45) is 3.80. The Balaban J connectivity index is 0.00000120. The highest BCUT2D eigenvalue weighted by molar-refractivity contribution is 5.93. The van der Waals surface area contributed by atoms with Crippen LogP contribution in [0.1, 0.15) is 29.0 Å². The summed E-state index contributed by atoms with van der Waals surface area (Å²) in [5, 5.41) is 0. The maximum absolute atomic E-state index is 12.4. The van der Waals surface area contributed by atoms with Gasteiger partial charge in [0.15, 0.2) is 5.76 Å². The smallest absolute Gasteiger partial charge is 0.290 e. The molecule has 0 atom stereocenters. The van der Waals surface area contributed by atoms with Crippen molar-refractivity contribution in [3.63, 3.8) is 0 Å². The predicted molar refractivity (Wildman–Crippen MR) is 71.2 cm³/mol. The fourth-order valence-corrected chi connectivity index (χ4v) is 2.88. The van der Waals surface area contributed by atoms with E-state index in [1.54, 1.807) is 6.26 Å². The molecule has 3 aliphatic rings. The molecule has 0 spiro atoms. The molecule has 0 aromatic carbocycles. The first kappa shape index (κ1) is 13.4. The first-order valence-corrected chi connectivity index (χ1v) is 6.33. The van der Waals surface area contributed by atoms with Gasteiger partial charge in [0.05, 0.1) is 6.26 Å². The number of carbonyl (C=O) groups excluding carboxylic acids is 1. The van der Waals surface area contributed by atoms with Gasteiger partial charge in [-0.15, -0.1) is 12.4 Å². The van der Waals surface area contributed by atoms with Crippen molar-refractivity contribution in [2.45, 2.75) is 25.8 Å². The summed E-state index contributed by atoms with van der Waals surface area (Å²) < 4.78 is 5.32. The summed E-state index contributed by atoms with van der Waals surface area (Å²) in [6.45, 7) is 6.03. The Morgan fingerprint density at radius 3 is 2.61 bits per heavy atom. The van der Waals surface area contributed by atoms with E-state index in [2.05, 4.69) is 4.90 Å². The predicted octanol–water partition coefficient (Wildman–Crippen LogP) is 1.93. The van der Waals surface area contributed by atoms with Gasteiger partial charge in [-0.05, 0) is 25.8 Å². The van der Waals surface area contributed by atoms with Gasteiger partial charge < -0.3 is 14.2 Å². The Labute approximate surface area is 113 Å². The van der Waals surface area contributed by atoms with Crippen LogP contribution < -0.4 is 0 Å². The normalized spacial score (nSPS) is 26.6. The van der Waals surface area contributed by atoms with Crippen LogP contribution in [0.25, 0.3) is 0 Å². The van der Waals surface area contributed by atoms with Crippen LogP contribution in [0.3, 0.4) is 0 Å². The summed E-state index contributed by atoms with van der Waals surface area (Å²) in [5.74, 6) is 0.589. The number of piperidine rings is 1. The van der Waals surface area contributed by atoms with Crippen molar-refractivity contribution >= 4 is 18.3 Å². The molecule has 3 aliphatic heterocycles. The molecule has 3 saturated heterocycles. The van der Waals surface area contributed by atoms with Crippen LogP contribution in [0.4, 0.5) is 0 Å². The largest absolute Gasteiger partial charge is 0.459 e. The van der Waals surface area contributed by atoms with Crippen molar-refractivity contribution < 1.29 is 9.21 Å². The number of nitrogens with zero attached hydrogens (tertiary/aromatic N) is 2. The second-order valence-electron chi connectivity index (χ2n) is 5.00. The zero-order valence-electron chi connectivity index (χ0n) is 10.6. The minimum atomic E-state index is 0. The molecule has 4 rings (SSSR count). The number of hydrogen-bond acceptors (Lipinski definition) is 3. The molecule has 0 saturated carbocycles. The molecule has 0 unspecified atom stereocenters. The van der Waals surface area contributed by atoms with Gasteiger partial charge in [0, 0.05) is 37.8 Å². The fourth-order valence-electron chi connectivity index (χ4n) is 2.88. The monoisotopic (exact) mass is 270 g/mol. The second kappa shape index (κ2) is 5.33. The summed E-state index contributed by atoms with van der Waals surface area (Å²) in [6, 6.07) is 2.26. The Hall–Kier alpha value is -1.00. The van der Waals surface area contributed by atoms with E-state index >= 15 is 0 Å². The Kier molecular flexibility index (Phi) is 3.97. The maximum atomic E-state index is 12.4. The molecule has 0 aliphatic carbocycles. The summed E-state index contributed by atoms with van der Waals surface area (Å²) in [5.41, 5.74) is 0.939. The second-order valence-corrected chi connectivity index (χ2v) is 5.00. The number of fused-ring (bicyclic) bond motifs is 4. The number of amides is 1. The molecule has 0 N–H and O–H groups in total. The standard InChI is InChI=1S/C13H18N2O2.ClH/c1-10-4-9-17-12(10)13(16)15-8-7-14-5-2-11(15)3-6-14;/h4,9,11H,2-3,5-8H2,1H3;1H. The highest BCUT2D eigenvalue weighted by Crippen LogP contribution is 2.23. The van der Waals surface area contributed by atoms with Crippen molar-refractivity contribution in [3.05, 3.63) is 23.7 Å². The lowest BCUT2D eigenvalue weighted by molar-refractivity contribution is 0.0651. The van der Waals surface area contributed by atoms with Gasteiger partial charge in [-0.1, -0.05) is 0 Å². The van der Waals surface area contributed by atoms with Crippen LogP contribution in [-0.4, -0.2) is 47.9 Å². The van der Waals surface area contributed by atoms with Crippen LogP contribution in [0.2, 0.25) is 0 Å². The minimum Gasteiger partial charge on any atom is -0.459 e. The molecular weight excluding hydrogens is 252 g/mol. The molecule has 4 nitrogen and oxygen atoms in total. The van der Waals surface area contributed by atoms with E-state index in [4.69, 9.17) is 4.42 Å². The number of carbonyl (C=O) groups is 1. The van der Waals surface area contributed by atoms with E-state index in [9.17, 15) is 4.79 Å². The topological polar surface area (TPSA) is 36.7 Å². The highest BCUT2D eigenvalue weighted by atomic mass is 35.5. The van der Waals surface area contributed by atoms with Gasteiger partial charge in [0.2, 0.25) is 0 Å². The van der Waals surface area contributed by atoms with E-state index in [0.29, 0.717) is 11.8 Å². The highest BCUT2D eigenvalue weighted by Gasteiger charge is 2.33.